The molecule has 78 valence electrons. The Balaban J connectivity index is 2.70. The molecule has 0 fully saturated rings. The van der Waals surface area contributed by atoms with Crippen LogP contribution in [0.5, 0.6) is 0 Å². The van der Waals surface area contributed by atoms with Gasteiger partial charge in [-0.1, -0.05) is 69.8 Å². The van der Waals surface area contributed by atoms with Crippen molar-refractivity contribution in [1.82, 2.24) is 0 Å². The summed E-state index contributed by atoms with van der Waals surface area (Å²) in [5.74, 6) is 0.00185. The quantitative estimate of drug-likeness (QED) is 0.506. The predicted molar refractivity (Wildman–Crippen MR) is 76.0 cm³/mol. The molecule has 1 aromatic carbocycles. The van der Waals surface area contributed by atoms with E-state index in [-0.39, 0.29) is 5.78 Å². The summed E-state index contributed by atoms with van der Waals surface area (Å²) in [6.07, 6.45) is 1.80. The Morgan fingerprint density at radius 1 is 1.07 bits per heavy atom. The molecule has 0 atom stereocenters. The minimum atomic E-state index is -0.799. The molecule has 0 aromatic heterocycles. The largest absolute Gasteiger partial charge is 0.291 e. The highest BCUT2D eigenvalue weighted by Gasteiger charge is 2.36. The smallest absolute Gasteiger partial charge is 0.194 e. The van der Waals surface area contributed by atoms with E-state index in [2.05, 4.69) is 63.7 Å². The van der Waals surface area contributed by atoms with E-state index >= 15 is 0 Å². The van der Waals surface area contributed by atoms with Crippen LogP contribution < -0.4 is 0 Å². The first-order valence-corrected chi connectivity index (χ1v) is 7.20. The normalized spacial score (nSPS) is 18.4. The van der Waals surface area contributed by atoms with Crippen molar-refractivity contribution in [3.8, 4) is 0 Å². The number of allylic oxidation sites excluding steroid dienone is 1. The Labute approximate surface area is 121 Å². The lowest BCUT2D eigenvalue weighted by Crippen LogP contribution is -2.26. The standard InChI is InChI=1S/C10H4Br4O/c11-5-1-2-6-7(3-5)9(15)10(13,14)4-8(6)12/h1-4H. The zero-order valence-corrected chi connectivity index (χ0v) is 13.6. The monoisotopic (exact) mass is 456 g/mol. The van der Waals surface area contributed by atoms with Gasteiger partial charge in [-0.25, -0.2) is 0 Å². The summed E-state index contributed by atoms with van der Waals surface area (Å²) < 4.78 is 0.998. The van der Waals surface area contributed by atoms with Crippen molar-refractivity contribution in [3.05, 3.63) is 39.9 Å². The lowest BCUT2D eigenvalue weighted by Gasteiger charge is -2.23. The minimum Gasteiger partial charge on any atom is -0.291 e. The fraction of sp³-hybridized carbons (Fsp3) is 0.100. The van der Waals surface area contributed by atoms with Gasteiger partial charge in [0.25, 0.3) is 0 Å². The predicted octanol–water partition coefficient (Wildman–Crippen LogP) is 4.87. The highest BCUT2D eigenvalue weighted by Crippen LogP contribution is 2.43. The van der Waals surface area contributed by atoms with Crippen LogP contribution in [0.1, 0.15) is 15.9 Å². The number of alkyl halides is 2. The van der Waals surface area contributed by atoms with Gasteiger partial charge in [-0.2, -0.15) is 0 Å². The van der Waals surface area contributed by atoms with Gasteiger partial charge in [0.2, 0.25) is 0 Å². The van der Waals surface area contributed by atoms with Gasteiger partial charge in [0.15, 0.2) is 9.02 Å². The molecule has 0 spiro atoms. The average Bonchev–Trinajstić information content (AvgIpc) is 2.13. The van der Waals surface area contributed by atoms with Crippen LogP contribution in [0.2, 0.25) is 0 Å². The van der Waals surface area contributed by atoms with Crippen molar-refractivity contribution in [2.75, 3.05) is 0 Å². The van der Waals surface area contributed by atoms with Crippen LogP contribution in [-0.4, -0.2) is 9.02 Å². The van der Waals surface area contributed by atoms with E-state index in [1.165, 1.54) is 0 Å². The lowest BCUT2D eigenvalue weighted by atomic mass is 9.96. The average molecular weight is 460 g/mol. The first-order valence-electron chi connectivity index (χ1n) is 4.03. The summed E-state index contributed by atoms with van der Waals surface area (Å²) in [5, 5.41) is 0. The number of Topliss-reactive ketones (excluding diaryl/α,β-unsaturated/α-hetero) is 1. The highest BCUT2D eigenvalue weighted by atomic mass is 79.9. The molecule has 0 aliphatic heterocycles. The third kappa shape index (κ3) is 2.16. The molecule has 0 unspecified atom stereocenters. The van der Waals surface area contributed by atoms with E-state index in [4.69, 9.17) is 0 Å². The molecule has 2 rings (SSSR count). The van der Waals surface area contributed by atoms with Gasteiger partial charge in [0.05, 0.1) is 0 Å². The second-order valence-electron chi connectivity index (χ2n) is 3.13. The molecule has 0 saturated carbocycles. The molecule has 0 saturated heterocycles. The van der Waals surface area contributed by atoms with Crippen molar-refractivity contribution in [2.24, 2.45) is 0 Å². The third-order valence-electron chi connectivity index (χ3n) is 2.09. The van der Waals surface area contributed by atoms with Crippen molar-refractivity contribution in [2.45, 2.75) is 3.23 Å². The molecular weight excluding hydrogens is 456 g/mol. The van der Waals surface area contributed by atoms with Crippen LogP contribution >= 0.6 is 63.7 Å². The molecule has 0 bridgehead atoms. The Morgan fingerprint density at radius 3 is 2.40 bits per heavy atom. The summed E-state index contributed by atoms with van der Waals surface area (Å²) in [6.45, 7) is 0. The molecule has 15 heavy (non-hydrogen) atoms. The van der Waals surface area contributed by atoms with Crippen LogP contribution in [0.4, 0.5) is 0 Å². The van der Waals surface area contributed by atoms with Gasteiger partial charge in [-0.15, -0.1) is 0 Å². The van der Waals surface area contributed by atoms with Gasteiger partial charge in [-0.3, -0.25) is 4.79 Å². The summed E-state index contributed by atoms with van der Waals surface area (Å²) in [7, 11) is 0. The van der Waals surface area contributed by atoms with Crippen molar-refractivity contribution >= 4 is 74.0 Å². The molecule has 0 N–H and O–H groups in total. The van der Waals surface area contributed by atoms with Crippen LogP contribution in [0, 0.1) is 0 Å². The first-order chi connectivity index (χ1) is 6.92. The summed E-state index contributed by atoms with van der Waals surface area (Å²) in [6, 6.07) is 5.65. The van der Waals surface area contributed by atoms with E-state index in [9.17, 15) is 4.79 Å². The maximum Gasteiger partial charge on any atom is 0.194 e. The van der Waals surface area contributed by atoms with Crippen molar-refractivity contribution in [1.29, 1.82) is 0 Å². The maximum atomic E-state index is 12.1. The van der Waals surface area contributed by atoms with E-state index in [0.717, 1.165) is 14.5 Å². The molecule has 0 heterocycles. The maximum absolute atomic E-state index is 12.1. The number of rotatable bonds is 0. The van der Waals surface area contributed by atoms with Gasteiger partial charge >= 0.3 is 0 Å². The number of carbonyl (C=O) groups excluding carboxylic acids is 1. The third-order valence-corrected chi connectivity index (χ3v) is 4.42. The van der Waals surface area contributed by atoms with Crippen molar-refractivity contribution < 1.29 is 4.79 Å². The minimum absolute atomic E-state index is 0.00185. The number of hydrogen-bond donors (Lipinski definition) is 0. The number of hydrogen-bond acceptors (Lipinski definition) is 1. The second kappa shape index (κ2) is 4.09. The van der Waals surface area contributed by atoms with E-state index < -0.39 is 3.23 Å². The zero-order valence-electron chi connectivity index (χ0n) is 7.23. The fourth-order valence-corrected chi connectivity index (χ4v) is 3.94. The van der Waals surface area contributed by atoms with Crippen LogP contribution in [0.3, 0.4) is 0 Å². The molecule has 1 aliphatic carbocycles. The van der Waals surface area contributed by atoms with Crippen LogP contribution in [0.15, 0.2) is 28.7 Å². The number of benzene rings is 1. The molecule has 0 amide bonds. The van der Waals surface area contributed by atoms with E-state index in [0.29, 0.717) is 5.56 Å². The summed E-state index contributed by atoms with van der Waals surface area (Å²) >= 11 is 13.5. The summed E-state index contributed by atoms with van der Waals surface area (Å²) in [5.41, 5.74) is 1.60. The number of fused-ring (bicyclic) bond motifs is 1. The first kappa shape index (κ1) is 12.0. The van der Waals surface area contributed by atoms with Crippen LogP contribution in [0.25, 0.3) is 4.48 Å². The molecule has 1 nitrogen and oxygen atoms in total. The molecular formula is C10H4Br4O. The molecule has 1 aliphatic rings. The zero-order chi connectivity index (χ0) is 11.2. The van der Waals surface area contributed by atoms with Gasteiger partial charge < -0.3 is 0 Å². The van der Waals surface area contributed by atoms with Crippen LogP contribution in [-0.2, 0) is 0 Å². The van der Waals surface area contributed by atoms with Gasteiger partial charge in [0, 0.05) is 14.5 Å². The van der Waals surface area contributed by atoms with Gasteiger partial charge in [-0.05, 0) is 23.8 Å². The fourth-order valence-electron chi connectivity index (χ4n) is 1.39. The number of ketones is 1. The number of halogens is 4. The molecule has 5 heteroatoms. The van der Waals surface area contributed by atoms with E-state index in [1.54, 1.807) is 6.08 Å². The van der Waals surface area contributed by atoms with E-state index in [1.807, 2.05) is 18.2 Å². The van der Waals surface area contributed by atoms with Crippen molar-refractivity contribution in [3.63, 3.8) is 0 Å². The molecule has 1 aromatic rings. The SMILES string of the molecule is O=C1c2cc(Br)ccc2C(Br)=CC1(Br)Br. The Morgan fingerprint density at radius 2 is 1.73 bits per heavy atom. The molecule has 0 radical (unpaired) electrons. The lowest BCUT2D eigenvalue weighted by molar-refractivity contribution is 0.0994. The highest BCUT2D eigenvalue weighted by molar-refractivity contribution is 9.26. The Hall–Kier alpha value is 0.550. The Bertz CT molecular complexity index is 476. The number of carbonyl (C=O) groups is 1. The van der Waals surface area contributed by atoms with Gasteiger partial charge in [0.1, 0.15) is 0 Å². The Kier molecular flexibility index (Phi) is 3.28. The topological polar surface area (TPSA) is 17.1 Å². The second-order valence-corrected chi connectivity index (χ2v) is 8.47. The summed E-state index contributed by atoms with van der Waals surface area (Å²) in [4.78, 5) is 12.1.